The second-order valence-electron chi connectivity index (χ2n) is 3.79. The molecule has 1 aromatic rings. The summed E-state index contributed by atoms with van der Waals surface area (Å²) < 4.78 is 0.967. The molecule has 2 nitrogen and oxygen atoms in total. The van der Waals surface area contributed by atoms with Gasteiger partial charge in [-0.3, -0.25) is 4.79 Å². The summed E-state index contributed by atoms with van der Waals surface area (Å²) in [5, 5.41) is 2.89. The van der Waals surface area contributed by atoms with Gasteiger partial charge in [-0.05, 0) is 31.0 Å². The minimum Gasteiger partial charge on any atom is -0.352 e. The second-order valence-corrected chi connectivity index (χ2v) is 6.21. The molecule has 0 fully saturated rings. The third-order valence-corrected chi connectivity index (χ3v) is 3.57. The number of amides is 1. The van der Waals surface area contributed by atoms with E-state index < -0.39 is 0 Å². The first-order valence-corrected chi connectivity index (χ1v) is 6.90. The van der Waals surface area contributed by atoms with Crippen LogP contribution in [0.15, 0.2) is 22.7 Å². The maximum Gasteiger partial charge on any atom is 0.251 e. The molecule has 0 spiro atoms. The van der Waals surface area contributed by atoms with Crippen molar-refractivity contribution in [3.63, 3.8) is 0 Å². The van der Waals surface area contributed by atoms with Crippen LogP contribution in [0.5, 0.6) is 0 Å². The largest absolute Gasteiger partial charge is 0.352 e. The fraction of sp³-hybridized carbons (Fsp3) is 0.417. The molecule has 1 N–H and O–H groups in total. The van der Waals surface area contributed by atoms with E-state index in [0.29, 0.717) is 16.9 Å². The molecular weight excluding hydrogens is 334 g/mol. The lowest BCUT2D eigenvalue weighted by Crippen LogP contribution is -2.25. The maximum absolute atomic E-state index is 11.7. The van der Waals surface area contributed by atoms with Gasteiger partial charge in [0.1, 0.15) is 0 Å². The first-order valence-electron chi connectivity index (χ1n) is 5.19. The van der Waals surface area contributed by atoms with Crippen molar-refractivity contribution in [2.75, 3.05) is 6.54 Å². The molecule has 0 aliphatic heterocycles. The van der Waals surface area contributed by atoms with Gasteiger partial charge in [0.25, 0.3) is 5.91 Å². The zero-order chi connectivity index (χ0) is 12.1. The van der Waals surface area contributed by atoms with E-state index in [0.717, 1.165) is 16.5 Å². The van der Waals surface area contributed by atoms with Crippen molar-refractivity contribution in [1.82, 2.24) is 5.32 Å². The molecule has 0 saturated carbocycles. The van der Waals surface area contributed by atoms with E-state index in [2.05, 4.69) is 44.1 Å². The lowest BCUT2D eigenvalue weighted by atomic mass is 10.1. The molecule has 1 aromatic carbocycles. The highest BCUT2D eigenvalue weighted by Crippen LogP contribution is 2.17. The van der Waals surface area contributed by atoms with Crippen LogP contribution in [-0.2, 0) is 0 Å². The van der Waals surface area contributed by atoms with Crippen molar-refractivity contribution < 1.29 is 4.79 Å². The highest BCUT2D eigenvalue weighted by molar-refractivity contribution is 9.10. The number of benzene rings is 1. The molecule has 0 heterocycles. The molecule has 0 saturated heterocycles. The van der Waals surface area contributed by atoms with Crippen LogP contribution in [0.25, 0.3) is 0 Å². The van der Waals surface area contributed by atoms with Crippen molar-refractivity contribution in [1.29, 1.82) is 0 Å². The van der Waals surface area contributed by atoms with Crippen LogP contribution in [-0.4, -0.2) is 17.3 Å². The van der Waals surface area contributed by atoms with Gasteiger partial charge in [-0.2, -0.15) is 0 Å². The molecule has 0 bridgehead atoms. The first kappa shape index (κ1) is 13.7. The standard InChI is InChI=1S/C12H15Br2NO/c1-8-3-4-10(7-11(8)14)12(16)15-6-5-9(2)13/h3-4,7,9H,5-6H2,1-2H3,(H,15,16). The highest BCUT2D eigenvalue weighted by Gasteiger charge is 2.06. The molecule has 1 atom stereocenters. The van der Waals surface area contributed by atoms with Crippen LogP contribution in [0.2, 0.25) is 0 Å². The minimum absolute atomic E-state index is 0.0196. The van der Waals surface area contributed by atoms with Crippen molar-refractivity contribution in [2.24, 2.45) is 0 Å². The van der Waals surface area contributed by atoms with Crippen molar-refractivity contribution >= 4 is 37.8 Å². The van der Waals surface area contributed by atoms with Gasteiger partial charge in [0, 0.05) is 21.4 Å². The predicted octanol–water partition coefficient (Wildman–Crippen LogP) is 3.66. The van der Waals surface area contributed by atoms with E-state index in [1.807, 2.05) is 25.1 Å². The zero-order valence-corrected chi connectivity index (χ0v) is 12.6. The normalized spacial score (nSPS) is 12.2. The summed E-state index contributed by atoms with van der Waals surface area (Å²) in [5.74, 6) is -0.0196. The van der Waals surface area contributed by atoms with Gasteiger partial charge in [0.05, 0.1) is 0 Å². The Morgan fingerprint density at radius 2 is 2.19 bits per heavy atom. The Bertz CT molecular complexity index is 377. The topological polar surface area (TPSA) is 29.1 Å². The lowest BCUT2D eigenvalue weighted by Gasteiger charge is -2.07. The van der Waals surface area contributed by atoms with Crippen LogP contribution in [0.1, 0.15) is 29.3 Å². The molecule has 0 radical (unpaired) electrons. The Hall–Kier alpha value is -0.350. The van der Waals surface area contributed by atoms with Gasteiger partial charge < -0.3 is 5.32 Å². The summed E-state index contributed by atoms with van der Waals surface area (Å²) in [6.07, 6.45) is 0.929. The summed E-state index contributed by atoms with van der Waals surface area (Å²) in [5.41, 5.74) is 1.82. The molecule has 0 aliphatic carbocycles. The molecule has 1 rings (SSSR count). The number of halogens is 2. The maximum atomic E-state index is 11.7. The molecule has 1 amide bonds. The van der Waals surface area contributed by atoms with E-state index in [9.17, 15) is 4.79 Å². The fourth-order valence-corrected chi connectivity index (χ4v) is 1.83. The van der Waals surface area contributed by atoms with Crippen molar-refractivity contribution in [3.8, 4) is 0 Å². The summed E-state index contributed by atoms with van der Waals surface area (Å²) in [4.78, 5) is 12.2. The van der Waals surface area contributed by atoms with E-state index in [4.69, 9.17) is 0 Å². The smallest absolute Gasteiger partial charge is 0.251 e. The number of alkyl halides is 1. The van der Waals surface area contributed by atoms with Gasteiger partial charge in [0.2, 0.25) is 0 Å². The fourth-order valence-electron chi connectivity index (χ4n) is 1.22. The number of hydrogen-bond donors (Lipinski definition) is 1. The number of hydrogen-bond acceptors (Lipinski definition) is 1. The van der Waals surface area contributed by atoms with Gasteiger partial charge in [-0.15, -0.1) is 0 Å². The number of carbonyl (C=O) groups is 1. The molecule has 16 heavy (non-hydrogen) atoms. The highest BCUT2D eigenvalue weighted by atomic mass is 79.9. The van der Waals surface area contributed by atoms with Crippen molar-refractivity contribution in [2.45, 2.75) is 25.1 Å². The van der Waals surface area contributed by atoms with Crippen molar-refractivity contribution in [3.05, 3.63) is 33.8 Å². The zero-order valence-electron chi connectivity index (χ0n) is 9.39. The molecular formula is C12H15Br2NO. The Balaban J connectivity index is 2.56. The van der Waals surface area contributed by atoms with Crippen LogP contribution < -0.4 is 5.32 Å². The SMILES string of the molecule is Cc1ccc(C(=O)NCCC(C)Br)cc1Br. The van der Waals surface area contributed by atoms with Crippen LogP contribution in [0.4, 0.5) is 0 Å². The molecule has 1 unspecified atom stereocenters. The number of aryl methyl sites for hydroxylation is 1. The van der Waals surface area contributed by atoms with E-state index in [1.54, 1.807) is 0 Å². The molecule has 4 heteroatoms. The Labute approximate surface area is 113 Å². The minimum atomic E-state index is -0.0196. The van der Waals surface area contributed by atoms with Crippen LogP contribution in [0, 0.1) is 6.92 Å². The van der Waals surface area contributed by atoms with Gasteiger partial charge in [-0.1, -0.05) is 44.8 Å². The summed E-state index contributed by atoms with van der Waals surface area (Å²) in [6, 6.07) is 5.63. The average molecular weight is 349 g/mol. The Kier molecular flexibility index (Phi) is 5.49. The molecule has 0 aromatic heterocycles. The van der Waals surface area contributed by atoms with Crippen LogP contribution in [0.3, 0.4) is 0 Å². The number of rotatable bonds is 4. The second kappa shape index (κ2) is 6.40. The number of nitrogens with one attached hydrogen (secondary N) is 1. The summed E-state index contributed by atoms with van der Waals surface area (Å²) in [6.45, 7) is 4.75. The van der Waals surface area contributed by atoms with Gasteiger partial charge in [0.15, 0.2) is 0 Å². The van der Waals surface area contributed by atoms with E-state index >= 15 is 0 Å². The molecule has 0 aliphatic rings. The van der Waals surface area contributed by atoms with Gasteiger partial charge >= 0.3 is 0 Å². The Morgan fingerprint density at radius 1 is 1.50 bits per heavy atom. The van der Waals surface area contributed by atoms with Crippen LogP contribution >= 0.6 is 31.9 Å². The van der Waals surface area contributed by atoms with E-state index in [1.165, 1.54) is 0 Å². The monoisotopic (exact) mass is 347 g/mol. The first-order chi connectivity index (χ1) is 7.50. The van der Waals surface area contributed by atoms with Gasteiger partial charge in [-0.25, -0.2) is 0 Å². The average Bonchev–Trinajstić information content (AvgIpc) is 2.21. The number of carbonyl (C=O) groups excluding carboxylic acids is 1. The predicted molar refractivity (Wildman–Crippen MR) is 74.2 cm³/mol. The summed E-state index contributed by atoms with van der Waals surface area (Å²) >= 11 is 6.86. The third kappa shape index (κ3) is 4.26. The molecule has 88 valence electrons. The third-order valence-electron chi connectivity index (χ3n) is 2.26. The van der Waals surface area contributed by atoms with E-state index in [-0.39, 0.29) is 5.91 Å². The summed E-state index contributed by atoms with van der Waals surface area (Å²) in [7, 11) is 0. The Morgan fingerprint density at radius 3 is 2.75 bits per heavy atom. The quantitative estimate of drug-likeness (QED) is 0.826. The lowest BCUT2D eigenvalue weighted by molar-refractivity contribution is 0.0953.